The first kappa shape index (κ1) is 26.6. The molecule has 0 aliphatic carbocycles. The molecule has 0 bridgehead atoms. The van der Waals surface area contributed by atoms with Crippen molar-refractivity contribution in [3.05, 3.63) is 57.2 Å². The Labute approximate surface area is 215 Å². The highest BCUT2D eigenvalue weighted by molar-refractivity contribution is 7.92. The zero-order valence-electron chi connectivity index (χ0n) is 21.5. The standard InChI is InChI=1S/C25H33N5O6S/c1-17(2)36-23-16-19-18(15-20(23)27-37(4,33)34)24(31)30(25(32)26-19)14-11-28-9-12-29(13-10-28)21-7-5-6-8-22(21)35-3/h5-8,15-17,27H,9-14H2,1-4H3,(H,26,32). The van der Waals surface area contributed by atoms with Crippen molar-refractivity contribution in [3.63, 3.8) is 0 Å². The molecule has 1 aliphatic heterocycles. The molecule has 37 heavy (non-hydrogen) atoms. The van der Waals surface area contributed by atoms with Crippen LogP contribution in [0, 0.1) is 0 Å². The molecule has 1 aromatic heterocycles. The van der Waals surface area contributed by atoms with Gasteiger partial charge in [0.05, 0.1) is 41.7 Å². The van der Waals surface area contributed by atoms with Gasteiger partial charge in [-0.3, -0.25) is 19.0 Å². The summed E-state index contributed by atoms with van der Waals surface area (Å²) < 4.78 is 38.5. The van der Waals surface area contributed by atoms with E-state index in [1.54, 1.807) is 21.0 Å². The van der Waals surface area contributed by atoms with Crippen molar-refractivity contribution in [2.24, 2.45) is 0 Å². The van der Waals surface area contributed by atoms with Crippen LogP contribution in [0.5, 0.6) is 11.5 Å². The maximum absolute atomic E-state index is 13.3. The van der Waals surface area contributed by atoms with Gasteiger partial charge in [-0.05, 0) is 32.0 Å². The topological polar surface area (TPSA) is 126 Å². The number of methoxy groups -OCH3 is 1. The molecule has 2 N–H and O–H groups in total. The van der Waals surface area contributed by atoms with Gasteiger partial charge in [0.2, 0.25) is 10.0 Å². The number of fused-ring (bicyclic) bond motifs is 1. The molecule has 12 heteroatoms. The van der Waals surface area contributed by atoms with E-state index in [4.69, 9.17) is 9.47 Å². The Morgan fingerprint density at radius 2 is 1.73 bits per heavy atom. The third kappa shape index (κ3) is 6.25. The number of aromatic nitrogens is 2. The smallest absolute Gasteiger partial charge is 0.328 e. The van der Waals surface area contributed by atoms with Gasteiger partial charge < -0.3 is 19.4 Å². The first-order chi connectivity index (χ1) is 17.6. The Balaban J connectivity index is 1.53. The number of nitrogens with one attached hydrogen (secondary N) is 2. The van der Waals surface area contributed by atoms with Gasteiger partial charge in [-0.2, -0.15) is 0 Å². The lowest BCUT2D eigenvalue weighted by atomic mass is 10.2. The van der Waals surface area contributed by atoms with E-state index >= 15 is 0 Å². The predicted molar refractivity (Wildman–Crippen MR) is 145 cm³/mol. The molecular weight excluding hydrogens is 498 g/mol. The molecule has 2 aromatic carbocycles. The van der Waals surface area contributed by atoms with Crippen molar-refractivity contribution >= 4 is 32.3 Å². The highest BCUT2D eigenvalue weighted by atomic mass is 32.2. The van der Waals surface area contributed by atoms with Crippen LogP contribution in [-0.2, 0) is 16.6 Å². The third-order valence-electron chi connectivity index (χ3n) is 6.18. The zero-order chi connectivity index (χ0) is 26.7. The lowest BCUT2D eigenvalue weighted by Crippen LogP contribution is -2.48. The second kappa shape index (κ2) is 10.9. The Bertz CT molecular complexity index is 1490. The molecule has 200 valence electrons. The minimum absolute atomic E-state index is 0.145. The lowest BCUT2D eigenvalue weighted by molar-refractivity contribution is 0.244. The van der Waals surface area contributed by atoms with Gasteiger partial charge in [0.25, 0.3) is 5.56 Å². The quantitative estimate of drug-likeness (QED) is 0.427. The number of piperazine rings is 1. The number of nitrogens with zero attached hydrogens (tertiary/aromatic N) is 3. The molecule has 1 saturated heterocycles. The van der Waals surface area contributed by atoms with Gasteiger partial charge >= 0.3 is 5.69 Å². The number of H-pyrrole nitrogens is 1. The van der Waals surface area contributed by atoms with Gasteiger partial charge in [-0.15, -0.1) is 0 Å². The molecule has 2 heterocycles. The molecule has 1 fully saturated rings. The normalized spacial score (nSPS) is 14.8. The van der Waals surface area contributed by atoms with Crippen LogP contribution in [0.2, 0.25) is 0 Å². The van der Waals surface area contributed by atoms with E-state index in [-0.39, 0.29) is 35.0 Å². The number of sulfonamides is 1. The Morgan fingerprint density at radius 1 is 1.03 bits per heavy atom. The number of rotatable bonds is 9. The number of aromatic amines is 1. The van der Waals surface area contributed by atoms with Gasteiger partial charge in [0.1, 0.15) is 11.5 Å². The fraction of sp³-hybridized carbons (Fsp3) is 0.440. The van der Waals surface area contributed by atoms with Crippen LogP contribution in [0.15, 0.2) is 46.0 Å². The molecule has 0 atom stereocenters. The van der Waals surface area contributed by atoms with E-state index in [1.165, 1.54) is 12.1 Å². The SMILES string of the molecule is COc1ccccc1N1CCN(CCn2c(=O)[nH]c3cc(OC(C)C)c(NS(C)(=O)=O)cc3c2=O)CC1. The number of para-hydroxylation sites is 2. The van der Waals surface area contributed by atoms with E-state index in [0.717, 1.165) is 48.4 Å². The molecule has 4 rings (SSSR count). The van der Waals surface area contributed by atoms with E-state index < -0.39 is 21.3 Å². The molecular formula is C25H33N5O6S. The Hall–Kier alpha value is -3.51. The number of ether oxygens (including phenoxy) is 2. The van der Waals surface area contributed by atoms with Crippen LogP contribution in [0.4, 0.5) is 11.4 Å². The summed E-state index contributed by atoms with van der Waals surface area (Å²) in [6.45, 7) is 7.46. The van der Waals surface area contributed by atoms with Crippen molar-refractivity contribution in [1.82, 2.24) is 14.5 Å². The van der Waals surface area contributed by atoms with Crippen molar-refractivity contribution in [1.29, 1.82) is 0 Å². The fourth-order valence-corrected chi connectivity index (χ4v) is 5.02. The number of hydrogen-bond acceptors (Lipinski definition) is 8. The predicted octanol–water partition coefficient (Wildman–Crippen LogP) is 1.68. The monoisotopic (exact) mass is 531 g/mol. The average molecular weight is 532 g/mol. The average Bonchev–Trinajstić information content (AvgIpc) is 2.84. The minimum atomic E-state index is -3.62. The van der Waals surface area contributed by atoms with Crippen molar-refractivity contribution in [3.8, 4) is 11.5 Å². The highest BCUT2D eigenvalue weighted by Crippen LogP contribution is 2.30. The summed E-state index contributed by atoms with van der Waals surface area (Å²) in [5.41, 5.74) is 0.466. The van der Waals surface area contributed by atoms with Gasteiger partial charge in [0, 0.05) is 45.3 Å². The van der Waals surface area contributed by atoms with Crippen LogP contribution in [0.3, 0.4) is 0 Å². The third-order valence-corrected chi connectivity index (χ3v) is 6.77. The maximum atomic E-state index is 13.3. The zero-order valence-corrected chi connectivity index (χ0v) is 22.3. The fourth-order valence-electron chi connectivity index (χ4n) is 4.46. The van der Waals surface area contributed by atoms with Crippen LogP contribution in [0.25, 0.3) is 10.9 Å². The minimum Gasteiger partial charge on any atom is -0.495 e. The van der Waals surface area contributed by atoms with Crippen LogP contribution < -0.4 is 30.3 Å². The summed E-state index contributed by atoms with van der Waals surface area (Å²) in [6, 6.07) is 10.8. The van der Waals surface area contributed by atoms with Gasteiger partial charge in [-0.25, -0.2) is 13.2 Å². The second-order valence-electron chi connectivity index (χ2n) is 9.32. The molecule has 0 spiro atoms. The van der Waals surface area contributed by atoms with Gasteiger partial charge in [0.15, 0.2) is 0 Å². The number of benzene rings is 2. The molecule has 0 radical (unpaired) electrons. The molecule has 11 nitrogen and oxygen atoms in total. The summed E-state index contributed by atoms with van der Waals surface area (Å²) in [7, 11) is -1.96. The van der Waals surface area contributed by atoms with Gasteiger partial charge in [-0.1, -0.05) is 12.1 Å². The van der Waals surface area contributed by atoms with Crippen LogP contribution >= 0.6 is 0 Å². The number of anilines is 2. The molecule has 0 saturated carbocycles. The van der Waals surface area contributed by atoms with Crippen molar-refractivity contribution in [2.45, 2.75) is 26.5 Å². The Kier molecular flexibility index (Phi) is 7.79. The summed E-state index contributed by atoms with van der Waals surface area (Å²) in [6.07, 6.45) is 0.780. The van der Waals surface area contributed by atoms with Crippen LogP contribution in [0.1, 0.15) is 13.8 Å². The lowest BCUT2D eigenvalue weighted by Gasteiger charge is -2.36. The second-order valence-corrected chi connectivity index (χ2v) is 11.1. The maximum Gasteiger partial charge on any atom is 0.328 e. The molecule has 3 aromatic rings. The van der Waals surface area contributed by atoms with E-state index in [0.29, 0.717) is 6.54 Å². The summed E-state index contributed by atoms with van der Waals surface area (Å²) in [5, 5.41) is 0.197. The van der Waals surface area contributed by atoms with Crippen molar-refractivity contribution < 1.29 is 17.9 Å². The first-order valence-electron chi connectivity index (χ1n) is 12.1. The highest BCUT2D eigenvalue weighted by Gasteiger charge is 2.21. The number of hydrogen-bond donors (Lipinski definition) is 2. The molecule has 0 amide bonds. The summed E-state index contributed by atoms with van der Waals surface area (Å²) in [5.74, 6) is 1.06. The summed E-state index contributed by atoms with van der Waals surface area (Å²) in [4.78, 5) is 33.3. The van der Waals surface area contributed by atoms with E-state index in [2.05, 4.69) is 19.5 Å². The van der Waals surface area contributed by atoms with E-state index in [1.807, 2.05) is 24.3 Å². The first-order valence-corrected chi connectivity index (χ1v) is 14.0. The van der Waals surface area contributed by atoms with Crippen molar-refractivity contribution in [2.75, 3.05) is 55.7 Å². The summed E-state index contributed by atoms with van der Waals surface area (Å²) >= 11 is 0. The molecule has 1 aliphatic rings. The van der Waals surface area contributed by atoms with E-state index in [9.17, 15) is 18.0 Å². The van der Waals surface area contributed by atoms with Crippen LogP contribution in [-0.4, -0.2) is 75.1 Å². The molecule has 0 unspecified atom stereocenters. The largest absolute Gasteiger partial charge is 0.495 e. The Morgan fingerprint density at radius 3 is 2.38 bits per heavy atom.